The molecule has 0 saturated heterocycles. The summed E-state index contributed by atoms with van der Waals surface area (Å²) in [6, 6.07) is 3.04. The van der Waals surface area contributed by atoms with Crippen molar-refractivity contribution in [2.24, 2.45) is 7.05 Å². The van der Waals surface area contributed by atoms with Crippen molar-refractivity contribution < 1.29 is 13.7 Å². The van der Waals surface area contributed by atoms with E-state index in [-0.39, 0.29) is 21.8 Å². The van der Waals surface area contributed by atoms with Gasteiger partial charge >= 0.3 is 0 Å². The second-order valence-electron chi connectivity index (χ2n) is 5.66. The molecule has 2 N–H and O–H groups in total. The number of hydrogen-bond acceptors (Lipinski definition) is 4. The number of rotatable bonds is 6. The van der Waals surface area contributed by atoms with Crippen molar-refractivity contribution in [3.05, 3.63) is 44.3 Å². The maximum absolute atomic E-state index is 12.9. The number of anilines is 1. The summed E-state index contributed by atoms with van der Waals surface area (Å²) in [5.74, 6) is 0.190. The fraction of sp³-hybridized carbons (Fsp3) is 0.353. The predicted molar refractivity (Wildman–Crippen MR) is 106 cm³/mol. The number of ketones is 1. The number of methoxy groups -OCH3 is 1. The minimum Gasteiger partial charge on any atom is -0.495 e. The molecule has 1 aromatic carbocycles. The van der Waals surface area contributed by atoms with Crippen LogP contribution in [0.2, 0.25) is 5.02 Å². The molecule has 0 aliphatic rings. The number of nitrogens with one attached hydrogen (secondary N) is 2. The number of aromatic nitrogens is 2. The highest BCUT2D eigenvalue weighted by Crippen LogP contribution is 2.37. The first-order chi connectivity index (χ1) is 12.2. The number of carbonyl (C=O) groups excluding carboxylic acids is 1. The zero-order chi connectivity index (χ0) is 19.6. The summed E-state index contributed by atoms with van der Waals surface area (Å²) in [4.78, 5) is 25.1. The summed E-state index contributed by atoms with van der Waals surface area (Å²) in [5, 5.41) is 4.40. The van der Waals surface area contributed by atoms with Gasteiger partial charge in [-0.3, -0.25) is 19.4 Å². The predicted octanol–water partition coefficient (Wildman–Crippen LogP) is 2.37. The van der Waals surface area contributed by atoms with Crippen LogP contribution in [0.4, 0.5) is 5.69 Å². The molecule has 2 rings (SSSR count). The highest BCUT2D eigenvalue weighted by Gasteiger charge is 2.25. The Hall–Kier alpha value is -2.19. The van der Waals surface area contributed by atoms with E-state index in [1.807, 2.05) is 0 Å². The third-order valence-electron chi connectivity index (χ3n) is 4.11. The molecule has 1 heterocycles. The summed E-state index contributed by atoms with van der Waals surface area (Å²) in [6.07, 6.45) is 0. The van der Waals surface area contributed by atoms with Crippen LogP contribution in [0.3, 0.4) is 0 Å². The van der Waals surface area contributed by atoms with Crippen molar-refractivity contribution in [1.29, 1.82) is 0 Å². The van der Waals surface area contributed by atoms with Crippen LogP contribution in [0.5, 0.6) is 5.75 Å². The molecule has 26 heavy (non-hydrogen) atoms. The Morgan fingerprint density at radius 1 is 1.46 bits per heavy atom. The first kappa shape index (κ1) is 20.1. The van der Waals surface area contributed by atoms with Crippen LogP contribution in [0.15, 0.2) is 16.9 Å². The molecule has 142 valence electrons. The van der Waals surface area contributed by atoms with Gasteiger partial charge in [0, 0.05) is 33.8 Å². The van der Waals surface area contributed by atoms with E-state index in [0.717, 1.165) is 0 Å². The van der Waals surface area contributed by atoms with Crippen LogP contribution >= 0.6 is 11.6 Å². The number of benzene rings is 1. The second-order valence-corrected chi connectivity index (χ2v) is 8.75. The third-order valence-corrected chi connectivity index (χ3v) is 6.67. The van der Waals surface area contributed by atoms with Crippen molar-refractivity contribution in [2.75, 3.05) is 17.6 Å². The average Bonchev–Trinajstić information content (AvgIpc) is 2.88. The molecule has 0 aliphatic heterocycles. The lowest BCUT2D eigenvalue weighted by Gasteiger charge is -2.18. The maximum Gasteiger partial charge on any atom is 0.277 e. The van der Waals surface area contributed by atoms with E-state index < -0.39 is 21.1 Å². The second kappa shape index (κ2) is 7.59. The lowest BCUT2D eigenvalue weighted by molar-refractivity contribution is 0.103. The Balaban J connectivity index is 2.66. The number of carbonyl (C=O) groups is 1. The van der Waals surface area contributed by atoms with Crippen molar-refractivity contribution >= 4 is 38.1 Å². The van der Waals surface area contributed by atoms with Gasteiger partial charge in [-0.15, -0.1) is 0 Å². The Kier molecular flexibility index (Phi) is 5.87. The Morgan fingerprint density at radius 3 is 2.58 bits per heavy atom. The third kappa shape index (κ3) is 3.52. The zero-order valence-corrected chi connectivity index (χ0v) is 16.9. The standard InChI is InChI=1S/C17H22ClN3O4S/c1-6-26(24,7-2)20-15-12(25-5)9-8-11(14(15)18)16(22)13-10(3)19-21(4)17(13)23/h6,8-9,19H,7H2,1-5H3,(H,20,24). The van der Waals surface area contributed by atoms with Crippen LogP contribution < -0.4 is 15.0 Å². The largest absolute Gasteiger partial charge is 0.495 e. The molecule has 7 nitrogen and oxygen atoms in total. The Morgan fingerprint density at radius 2 is 2.12 bits per heavy atom. The smallest absolute Gasteiger partial charge is 0.277 e. The van der Waals surface area contributed by atoms with Gasteiger partial charge in [-0.25, -0.2) is 4.21 Å². The molecule has 0 radical (unpaired) electrons. The first-order valence-corrected chi connectivity index (χ1v) is 10.1. The molecule has 0 amide bonds. The SMILES string of the molecule is CC=S(=O)(CC)Nc1c(OC)ccc(C(=O)c2c(C)[nH]n(C)c2=O)c1Cl. The highest BCUT2D eigenvalue weighted by atomic mass is 35.5. The monoisotopic (exact) mass is 399 g/mol. The highest BCUT2D eigenvalue weighted by molar-refractivity contribution is 8.02. The number of H-pyrrole nitrogens is 1. The van der Waals surface area contributed by atoms with E-state index in [0.29, 0.717) is 17.2 Å². The summed E-state index contributed by atoms with van der Waals surface area (Å²) in [7, 11) is 0.467. The zero-order valence-electron chi connectivity index (χ0n) is 15.3. The lowest BCUT2D eigenvalue weighted by atomic mass is 10.0. The molecule has 0 saturated carbocycles. The summed E-state index contributed by atoms with van der Waals surface area (Å²) in [5.41, 5.74) is 0.416. The average molecular weight is 400 g/mol. The Bertz CT molecular complexity index is 1030. The fourth-order valence-electron chi connectivity index (χ4n) is 2.56. The van der Waals surface area contributed by atoms with Gasteiger partial charge in [0.05, 0.1) is 12.1 Å². The van der Waals surface area contributed by atoms with E-state index in [1.165, 1.54) is 24.9 Å². The van der Waals surface area contributed by atoms with Gasteiger partial charge in [0.25, 0.3) is 5.56 Å². The topological polar surface area (TPSA) is 93.2 Å². The van der Waals surface area contributed by atoms with Gasteiger partial charge in [-0.2, -0.15) is 0 Å². The van der Waals surface area contributed by atoms with Crippen LogP contribution in [0, 0.1) is 6.92 Å². The van der Waals surface area contributed by atoms with Gasteiger partial charge in [-0.1, -0.05) is 18.5 Å². The fourth-order valence-corrected chi connectivity index (χ4v) is 4.05. The number of nitrogens with zero attached hydrogens (tertiary/aromatic N) is 1. The molecule has 9 heteroatoms. The first-order valence-electron chi connectivity index (χ1n) is 7.94. The molecule has 1 unspecified atom stereocenters. The maximum atomic E-state index is 12.9. The molecule has 0 fully saturated rings. The summed E-state index contributed by atoms with van der Waals surface area (Å²) < 4.78 is 22.2. The molecule has 2 aromatic rings. The van der Waals surface area contributed by atoms with Crippen molar-refractivity contribution in [3.63, 3.8) is 0 Å². The van der Waals surface area contributed by atoms with Crippen LogP contribution in [-0.4, -0.2) is 38.0 Å². The normalized spacial score (nSPS) is 13.2. The number of aryl methyl sites for hydroxylation is 2. The number of hydrogen-bond donors (Lipinski definition) is 2. The molecular formula is C17H22ClN3O4S. The summed E-state index contributed by atoms with van der Waals surface area (Å²) in [6.45, 7) is 5.10. The van der Waals surface area contributed by atoms with Gasteiger partial charge in [0.1, 0.15) is 17.0 Å². The van der Waals surface area contributed by atoms with E-state index >= 15 is 0 Å². The number of ether oxygens (including phenoxy) is 1. The number of aromatic amines is 1. The quantitative estimate of drug-likeness (QED) is 0.576. The van der Waals surface area contributed by atoms with Gasteiger partial charge in [0.15, 0.2) is 0 Å². The van der Waals surface area contributed by atoms with Crippen molar-refractivity contribution in [1.82, 2.24) is 9.78 Å². The molecule has 0 spiro atoms. The summed E-state index contributed by atoms with van der Waals surface area (Å²) >= 11 is 6.45. The van der Waals surface area contributed by atoms with E-state index in [2.05, 4.69) is 9.82 Å². The molecule has 1 atom stereocenters. The Labute approximate surface area is 157 Å². The molecule has 1 aromatic heterocycles. The van der Waals surface area contributed by atoms with Crippen molar-refractivity contribution in [2.45, 2.75) is 20.8 Å². The number of halogens is 1. The van der Waals surface area contributed by atoms with Crippen molar-refractivity contribution in [3.8, 4) is 5.75 Å². The molecule has 0 bridgehead atoms. The minimum atomic E-state index is -2.52. The van der Waals surface area contributed by atoms with E-state index in [4.69, 9.17) is 16.3 Å². The molecular weight excluding hydrogens is 378 g/mol. The van der Waals surface area contributed by atoms with Crippen LogP contribution in [0.25, 0.3) is 0 Å². The minimum absolute atomic E-state index is 0.0174. The van der Waals surface area contributed by atoms with Crippen LogP contribution in [-0.2, 0) is 16.8 Å². The van der Waals surface area contributed by atoms with Gasteiger partial charge in [-0.05, 0) is 31.3 Å². The van der Waals surface area contributed by atoms with Gasteiger partial charge in [0.2, 0.25) is 5.78 Å². The van der Waals surface area contributed by atoms with Gasteiger partial charge < -0.3 is 9.46 Å². The van der Waals surface area contributed by atoms with E-state index in [9.17, 15) is 13.8 Å². The van der Waals surface area contributed by atoms with E-state index in [1.54, 1.807) is 32.2 Å². The van der Waals surface area contributed by atoms with Crippen LogP contribution in [0.1, 0.15) is 35.5 Å². The molecule has 0 aliphatic carbocycles. The lowest BCUT2D eigenvalue weighted by Crippen LogP contribution is -2.21.